The highest BCUT2D eigenvalue weighted by Gasteiger charge is 2.18. The van der Waals surface area contributed by atoms with Crippen LogP contribution in [0.15, 0.2) is 11.4 Å². The molecule has 20 heavy (non-hydrogen) atoms. The Morgan fingerprint density at radius 3 is 2.95 bits per heavy atom. The van der Waals surface area contributed by atoms with Crippen LogP contribution in [-0.2, 0) is 4.74 Å². The number of aromatic carboxylic acids is 1. The molecule has 0 amide bonds. The van der Waals surface area contributed by atoms with E-state index in [1.54, 1.807) is 18.9 Å². The molecule has 0 saturated carbocycles. The number of hydrogen-bond donors (Lipinski definition) is 1. The molecule has 0 bridgehead atoms. The Morgan fingerprint density at radius 1 is 1.45 bits per heavy atom. The number of thioether (sulfide) groups is 1. The Labute approximate surface area is 125 Å². The molecule has 0 aliphatic rings. The predicted molar refractivity (Wildman–Crippen MR) is 80.9 cm³/mol. The molecule has 0 fully saturated rings. The van der Waals surface area contributed by atoms with Gasteiger partial charge >= 0.3 is 5.97 Å². The third-order valence-corrected chi connectivity index (χ3v) is 5.13. The molecule has 7 heteroatoms. The first-order valence-electron chi connectivity index (χ1n) is 6.24. The molecule has 5 nitrogen and oxygen atoms in total. The number of nitrogens with zero attached hydrogens (tertiary/aromatic N) is 2. The average molecular weight is 312 g/mol. The molecular formula is C13H16N2O3S2. The zero-order valence-electron chi connectivity index (χ0n) is 11.4. The molecule has 0 spiro atoms. The van der Waals surface area contributed by atoms with Crippen molar-refractivity contribution in [3.05, 3.63) is 16.8 Å². The number of aromatic nitrogens is 2. The molecule has 0 saturated heterocycles. The lowest BCUT2D eigenvalue weighted by Gasteiger charge is -2.03. The van der Waals surface area contributed by atoms with Crippen molar-refractivity contribution in [1.29, 1.82) is 0 Å². The zero-order valence-corrected chi connectivity index (χ0v) is 13.0. The fourth-order valence-corrected chi connectivity index (χ4v) is 3.98. The quantitative estimate of drug-likeness (QED) is 0.481. The van der Waals surface area contributed by atoms with Crippen LogP contribution in [-0.4, -0.2) is 40.5 Å². The Hall–Kier alpha value is -1.18. The minimum Gasteiger partial charge on any atom is -0.477 e. The van der Waals surface area contributed by atoms with Crippen LogP contribution in [0.25, 0.3) is 10.2 Å². The van der Waals surface area contributed by atoms with Gasteiger partial charge in [-0.05, 0) is 31.1 Å². The van der Waals surface area contributed by atoms with E-state index in [2.05, 4.69) is 9.97 Å². The molecular weight excluding hydrogens is 296 g/mol. The summed E-state index contributed by atoms with van der Waals surface area (Å²) in [7, 11) is 1.70. The van der Waals surface area contributed by atoms with Crippen LogP contribution < -0.4 is 0 Å². The summed E-state index contributed by atoms with van der Waals surface area (Å²) in [5.41, 5.74) is 0.762. The first-order valence-corrected chi connectivity index (χ1v) is 8.04. The summed E-state index contributed by atoms with van der Waals surface area (Å²) in [5.74, 6) is 0.0363. The monoisotopic (exact) mass is 312 g/mol. The van der Waals surface area contributed by atoms with Crippen molar-refractivity contribution in [2.45, 2.75) is 24.8 Å². The van der Waals surface area contributed by atoms with Gasteiger partial charge in [-0.1, -0.05) is 0 Å². The van der Waals surface area contributed by atoms with Crippen molar-refractivity contribution >= 4 is 39.3 Å². The van der Waals surface area contributed by atoms with Gasteiger partial charge in [0.05, 0.1) is 0 Å². The number of ether oxygens (including phenoxy) is 1. The molecule has 0 radical (unpaired) electrons. The van der Waals surface area contributed by atoms with Crippen molar-refractivity contribution in [2.24, 2.45) is 0 Å². The lowest BCUT2D eigenvalue weighted by Crippen LogP contribution is -1.94. The third kappa shape index (κ3) is 3.28. The minimum absolute atomic E-state index is 0.349. The van der Waals surface area contributed by atoms with Gasteiger partial charge in [-0.15, -0.1) is 23.1 Å². The Balaban J connectivity index is 2.19. The number of hydrogen-bond acceptors (Lipinski definition) is 6. The molecule has 2 rings (SSSR count). The molecule has 0 atom stereocenters. The smallest absolute Gasteiger partial charge is 0.346 e. The summed E-state index contributed by atoms with van der Waals surface area (Å²) in [6.07, 6.45) is 3.56. The molecule has 0 unspecified atom stereocenters. The van der Waals surface area contributed by atoms with Crippen LogP contribution in [0.1, 0.15) is 28.1 Å². The summed E-state index contributed by atoms with van der Waals surface area (Å²) in [5, 5.41) is 10.9. The lowest BCUT2D eigenvalue weighted by molar-refractivity contribution is 0.0701. The first-order chi connectivity index (χ1) is 9.65. The summed E-state index contributed by atoms with van der Waals surface area (Å²) in [6, 6.07) is 0. The molecule has 0 aliphatic heterocycles. The van der Waals surface area contributed by atoms with Crippen molar-refractivity contribution in [2.75, 3.05) is 19.5 Å². The van der Waals surface area contributed by atoms with E-state index < -0.39 is 5.97 Å². The number of thiophene rings is 1. The number of carboxylic acids is 1. The number of rotatable bonds is 7. The van der Waals surface area contributed by atoms with Crippen LogP contribution >= 0.6 is 23.1 Å². The first kappa shape index (κ1) is 15.2. The van der Waals surface area contributed by atoms with Crippen LogP contribution in [0.2, 0.25) is 0 Å². The van der Waals surface area contributed by atoms with E-state index in [4.69, 9.17) is 4.74 Å². The summed E-state index contributed by atoms with van der Waals surface area (Å²) >= 11 is 2.86. The second-order valence-electron chi connectivity index (χ2n) is 4.27. The maximum absolute atomic E-state index is 11.2. The number of carboxylic acid groups (broad SMARTS) is 1. The second kappa shape index (κ2) is 7.01. The second-order valence-corrected chi connectivity index (χ2v) is 6.35. The molecule has 2 heterocycles. The number of unbranched alkanes of at least 4 members (excludes halogenated alkanes) is 1. The molecule has 0 aliphatic carbocycles. The zero-order chi connectivity index (χ0) is 14.5. The Kier molecular flexibility index (Phi) is 5.33. The van der Waals surface area contributed by atoms with Gasteiger partial charge in [-0.3, -0.25) is 0 Å². The highest BCUT2D eigenvalue weighted by molar-refractivity contribution is 7.99. The standard InChI is InChI=1S/C13H16N2O3S2/c1-8-9-11(19-6-4-3-5-18-2)14-7-15-12(9)20-10(8)13(16)17/h7H,3-6H2,1-2H3,(H,16,17). The summed E-state index contributed by atoms with van der Waals surface area (Å²) < 4.78 is 5.01. The third-order valence-electron chi connectivity index (χ3n) is 2.87. The van der Waals surface area contributed by atoms with E-state index >= 15 is 0 Å². The van der Waals surface area contributed by atoms with Crippen LogP contribution in [0.3, 0.4) is 0 Å². The van der Waals surface area contributed by atoms with Gasteiger partial charge in [0.25, 0.3) is 0 Å². The number of carbonyl (C=O) groups is 1. The minimum atomic E-state index is -0.901. The summed E-state index contributed by atoms with van der Waals surface area (Å²) in [6.45, 7) is 2.58. The Bertz CT molecular complexity index is 613. The number of methoxy groups -OCH3 is 1. The van der Waals surface area contributed by atoms with Crippen molar-refractivity contribution < 1.29 is 14.6 Å². The van der Waals surface area contributed by atoms with E-state index in [9.17, 15) is 9.90 Å². The maximum Gasteiger partial charge on any atom is 0.346 e. The van der Waals surface area contributed by atoms with Gasteiger partial charge in [-0.2, -0.15) is 0 Å². The highest BCUT2D eigenvalue weighted by Crippen LogP contribution is 2.35. The average Bonchev–Trinajstić information content (AvgIpc) is 2.77. The fraction of sp³-hybridized carbons (Fsp3) is 0.462. The van der Waals surface area contributed by atoms with E-state index in [0.29, 0.717) is 4.88 Å². The Morgan fingerprint density at radius 2 is 2.25 bits per heavy atom. The molecule has 1 N–H and O–H groups in total. The largest absolute Gasteiger partial charge is 0.477 e. The van der Waals surface area contributed by atoms with E-state index in [1.165, 1.54) is 17.7 Å². The number of fused-ring (bicyclic) bond motifs is 1. The molecule has 2 aromatic heterocycles. The topological polar surface area (TPSA) is 72.3 Å². The van der Waals surface area contributed by atoms with E-state index in [1.807, 2.05) is 6.92 Å². The molecule has 2 aromatic rings. The fourth-order valence-electron chi connectivity index (χ4n) is 1.87. The maximum atomic E-state index is 11.2. The summed E-state index contributed by atoms with van der Waals surface area (Å²) in [4.78, 5) is 20.7. The van der Waals surface area contributed by atoms with Crippen molar-refractivity contribution in [3.8, 4) is 0 Å². The van der Waals surface area contributed by atoms with Gasteiger partial charge in [0.2, 0.25) is 0 Å². The van der Waals surface area contributed by atoms with Crippen LogP contribution in [0.4, 0.5) is 0 Å². The lowest BCUT2D eigenvalue weighted by atomic mass is 10.2. The van der Waals surface area contributed by atoms with Crippen LogP contribution in [0, 0.1) is 6.92 Å². The SMILES string of the molecule is COCCCCSc1ncnc2sc(C(=O)O)c(C)c12. The van der Waals surface area contributed by atoms with Gasteiger partial charge in [0.15, 0.2) is 0 Å². The van der Waals surface area contributed by atoms with Gasteiger partial charge in [-0.25, -0.2) is 14.8 Å². The highest BCUT2D eigenvalue weighted by atomic mass is 32.2. The van der Waals surface area contributed by atoms with E-state index in [-0.39, 0.29) is 0 Å². The van der Waals surface area contributed by atoms with Gasteiger partial charge in [0, 0.05) is 19.1 Å². The van der Waals surface area contributed by atoms with Gasteiger partial charge < -0.3 is 9.84 Å². The molecule has 108 valence electrons. The van der Waals surface area contributed by atoms with Crippen molar-refractivity contribution in [3.63, 3.8) is 0 Å². The molecule has 0 aromatic carbocycles. The van der Waals surface area contributed by atoms with E-state index in [0.717, 1.165) is 46.0 Å². The van der Waals surface area contributed by atoms with Crippen molar-refractivity contribution in [1.82, 2.24) is 9.97 Å². The van der Waals surface area contributed by atoms with Crippen LogP contribution in [0.5, 0.6) is 0 Å². The normalized spacial score (nSPS) is 11.1. The number of aryl methyl sites for hydroxylation is 1. The predicted octanol–water partition coefficient (Wildman–Crippen LogP) is 3.22. The van der Waals surface area contributed by atoms with Gasteiger partial charge in [0.1, 0.15) is 21.1 Å².